The number of hydrogen-bond donors (Lipinski definition) is 1. The van der Waals surface area contributed by atoms with E-state index in [1.807, 2.05) is 43.0 Å². The van der Waals surface area contributed by atoms with E-state index in [2.05, 4.69) is 5.32 Å². The van der Waals surface area contributed by atoms with Crippen LogP contribution in [-0.4, -0.2) is 37.5 Å². The lowest BCUT2D eigenvalue weighted by Crippen LogP contribution is -2.38. The van der Waals surface area contributed by atoms with E-state index in [0.717, 1.165) is 29.8 Å². The highest BCUT2D eigenvalue weighted by Crippen LogP contribution is 2.28. The summed E-state index contributed by atoms with van der Waals surface area (Å²) in [5, 5.41) is 2.96. The summed E-state index contributed by atoms with van der Waals surface area (Å²) in [7, 11) is 3.15. The zero-order valence-corrected chi connectivity index (χ0v) is 17.5. The Hall–Kier alpha value is -3.02. The van der Waals surface area contributed by atoms with Crippen molar-refractivity contribution in [2.75, 3.05) is 26.1 Å². The fraction of sp³-hybridized carbons (Fsp3) is 0.391. The molecular weight excluding hydrogens is 368 g/mol. The number of nitrogens with zero attached hydrogens (tertiary/aromatic N) is 1. The number of rotatable bonds is 6. The Morgan fingerprint density at radius 3 is 2.48 bits per heavy atom. The molecule has 0 aliphatic carbocycles. The Bertz CT molecular complexity index is 908. The van der Waals surface area contributed by atoms with Crippen molar-refractivity contribution in [1.29, 1.82) is 0 Å². The van der Waals surface area contributed by atoms with Gasteiger partial charge >= 0.3 is 0 Å². The lowest BCUT2D eigenvalue weighted by Gasteiger charge is -2.30. The van der Waals surface area contributed by atoms with Crippen molar-refractivity contribution in [1.82, 2.24) is 4.90 Å². The predicted octanol–water partition coefficient (Wildman–Crippen LogP) is 3.43. The molecule has 0 bridgehead atoms. The maximum absolute atomic E-state index is 12.5. The van der Waals surface area contributed by atoms with Crippen LogP contribution in [0.2, 0.25) is 0 Å². The number of ether oxygens (including phenoxy) is 2. The van der Waals surface area contributed by atoms with Crippen molar-refractivity contribution in [3.05, 3.63) is 53.1 Å². The normalized spacial score (nSPS) is 13.1. The molecule has 154 valence electrons. The third kappa shape index (κ3) is 4.88. The molecule has 1 heterocycles. The molecule has 0 spiro atoms. The molecule has 0 saturated heterocycles. The highest BCUT2D eigenvalue weighted by molar-refractivity contribution is 5.92. The molecule has 2 amide bonds. The Morgan fingerprint density at radius 2 is 1.79 bits per heavy atom. The highest BCUT2D eigenvalue weighted by atomic mass is 16.5. The van der Waals surface area contributed by atoms with Gasteiger partial charge < -0.3 is 19.7 Å². The summed E-state index contributed by atoms with van der Waals surface area (Å²) in [6.45, 7) is 5.17. The predicted molar refractivity (Wildman–Crippen MR) is 112 cm³/mol. The summed E-state index contributed by atoms with van der Waals surface area (Å²) in [4.78, 5) is 26.7. The lowest BCUT2D eigenvalue weighted by atomic mass is 9.98. The Balaban J connectivity index is 1.67. The molecule has 6 heteroatoms. The van der Waals surface area contributed by atoms with Gasteiger partial charge in [-0.05, 0) is 47.4 Å². The second-order valence-corrected chi connectivity index (χ2v) is 7.56. The largest absolute Gasteiger partial charge is 0.493 e. The van der Waals surface area contributed by atoms with Gasteiger partial charge in [-0.15, -0.1) is 0 Å². The van der Waals surface area contributed by atoms with Crippen molar-refractivity contribution in [2.45, 2.75) is 33.2 Å². The molecule has 0 fully saturated rings. The van der Waals surface area contributed by atoms with Gasteiger partial charge in [-0.3, -0.25) is 9.59 Å². The van der Waals surface area contributed by atoms with Crippen molar-refractivity contribution >= 4 is 17.5 Å². The highest BCUT2D eigenvalue weighted by Gasteiger charge is 2.22. The molecule has 1 aliphatic heterocycles. The Labute approximate surface area is 171 Å². The second-order valence-electron chi connectivity index (χ2n) is 7.56. The Kier molecular flexibility index (Phi) is 6.42. The standard InChI is InChI=1S/C23H28N2O4/c1-15(2)23(27)25-10-9-17-6-7-19(13-18(17)14-25)24-22(26)12-16-5-8-20(28-3)21(11-16)29-4/h5-8,11,13,15H,9-10,12,14H2,1-4H3,(H,24,26). The van der Waals surface area contributed by atoms with Crippen LogP contribution in [0.15, 0.2) is 36.4 Å². The number of anilines is 1. The van der Waals surface area contributed by atoms with Gasteiger partial charge in [0.25, 0.3) is 0 Å². The summed E-state index contributed by atoms with van der Waals surface area (Å²) in [6.07, 6.45) is 1.07. The Morgan fingerprint density at radius 1 is 1.03 bits per heavy atom. The first kappa shape index (κ1) is 20.7. The van der Waals surface area contributed by atoms with Gasteiger partial charge in [0.15, 0.2) is 11.5 Å². The van der Waals surface area contributed by atoms with Crippen LogP contribution < -0.4 is 14.8 Å². The molecule has 3 rings (SSSR count). The van der Waals surface area contributed by atoms with E-state index in [4.69, 9.17) is 9.47 Å². The average Bonchev–Trinajstić information content (AvgIpc) is 2.72. The number of nitrogens with one attached hydrogen (secondary N) is 1. The van der Waals surface area contributed by atoms with Crippen molar-refractivity contribution in [3.63, 3.8) is 0 Å². The summed E-state index contributed by atoms with van der Waals surface area (Å²) in [6, 6.07) is 11.4. The van der Waals surface area contributed by atoms with E-state index in [1.165, 1.54) is 5.56 Å². The third-order valence-electron chi connectivity index (χ3n) is 5.12. The SMILES string of the molecule is COc1ccc(CC(=O)Nc2ccc3c(c2)CN(C(=O)C(C)C)CC3)cc1OC. The van der Waals surface area contributed by atoms with E-state index < -0.39 is 0 Å². The molecule has 0 atom stereocenters. The minimum atomic E-state index is -0.108. The van der Waals surface area contributed by atoms with Crippen molar-refractivity contribution in [3.8, 4) is 11.5 Å². The summed E-state index contributed by atoms with van der Waals surface area (Å²) < 4.78 is 10.5. The van der Waals surface area contributed by atoms with Crippen LogP contribution in [0.4, 0.5) is 5.69 Å². The molecule has 0 radical (unpaired) electrons. The van der Waals surface area contributed by atoms with Crippen LogP contribution >= 0.6 is 0 Å². The first-order valence-corrected chi connectivity index (χ1v) is 9.82. The van der Waals surface area contributed by atoms with Crippen molar-refractivity contribution < 1.29 is 19.1 Å². The fourth-order valence-corrected chi connectivity index (χ4v) is 3.57. The maximum atomic E-state index is 12.5. The molecule has 2 aromatic rings. The fourth-order valence-electron chi connectivity index (χ4n) is 3.57. The number of fused-ring (bicyclic) bond motifs is 1. The molecule has 6 nitrogen and oxygen atoms in total. The minimum Gasteiger partial charge on any atom is -0.493 e. The minimum absolute atomic E-state index is 0.0130. The number of hydrogen-bond acceptors (Lipinski definition) is 4. The zero-order valence-electron chi connectivity index (χ0n) is 17.5. The summed E-state index contributed by atoms with van der Waals surface area (Å²) in [5.74, 6) is 1.27. The lowest BCUT2D eigenvalue weighted by molar-refractivity contribution is -0.135. The van der Waals surface area contributed by atoms with E-state index in [-0.39, 0.29) is 24.2 Å². The van der Waals surface area contributed by atoms with Crippen LogP contribution in [-0.2, 0) is 29.0 Å². The first-order chi connectivity index (χ1) is 13.9. The quantitative estimate of drug-likeness (QED) is 0.812. The van der Waals surface area contributed by atoms with Gasteiger partial charge in [0.05, 0.1) is 20.6 Å². The molecule has 29 heavy (non-hydrogen) atoms. The van der Waals surface area contributed by atoms with Crippen LogP contribution in [0.1, 0.15) is 30.5 Å². The molecular formula is C23H28N2O4. The van der Waals surface area contributed by atoms with Gasteiger partial charge in [0.2, 0.25) is 11.8 Å². The number of carbonyl (C=O) groups excluding carboxylic acids is 2. The number of carbonyl (C=O) groups is 2. The molecule has 2 aromatic carbocycles. The average molecular weight is 396 g/mol. The van der Waals surface area contributed by atoms with E-state index in [9.17, 15) is 9.59 Å². The summed E-state index contributed by atoms with van der Waals surface area (Å²) >= 11 is 0. The number of methoxy groups -OCH3 is 2. The molecule has 1 N–H and O–H groups in total. The monoisotopic (exact) mass is 396 g/mol. The van der Waals surface area contributed by atoms with E-state index >= 15 is 0 Å². The van der Waals surface area contributed by atoms with E-state index in [0.29, 0.717) is 18.0 Å². The molecule has 1 aliphatic rings. The van der Waals surface area contributed by atoms with Crippen LogP contribution in [0.25, 0.3) is 0 Å². The smallest absolute Gasteiger partial charge is 0.228 e. The molecule has 0 aromatic heterocycles. The van der Waals surface area contributed by atoms with Gasteiger partial charge in [0, 0.05) is 24.7 Å². The van der Waals surface area contributed by atoms with Gasteiger partial charge in [-0.1, -0.05) is 26.0 Å². The topological polar surface area (TPSA) is 67.9 Å². The molecule has 0 saturated carbocycles. The zero-order chi connectivity index (χ0) is 21.0. The number of benzene rings is 2. The van der Waals surface area contributed by atoms with Crippen LogP contribution in [0, 0.1) is 5.92 Å². The van der Waals surface area contributed by atoms with E-state index in [1.54, 1.807) is 26.4 Å². The first-order valence-electron chi connectivity index (χ1n) is 9.82. The van der Waals surface area contributed by atoms with Crippen molar-refractivity contribution in [2.24, 2.45) is 5.92 Å². The van der Waals surface area contributed by atoms with Crippen LogP contribution in [0.3, 0.4) is 0 Å². The van der Waals surface area contributed by atoms with Gasteiger partial charge in [0.1, 0.15) is 0 Å². The molecule has 0 unspecified atom stereocenters. The third-order valence-corrected chi connectivity index (χ3v) is 5.12. The van der Waals surface area contributed by atoms with Crippen LogP contribution in [0.5, 0.6) is 11.5 Å². The summed E-state index contributed by atoms with van der Waals surface area (Å²) in [5.41, 5.74) is 3.91. The van der Waals surface area contributed by atoms with Gasteiger partial charge in [-0.25, -0.2) is 0 Å². The maximum Gasteiger partial charge on any atom is 0.228 e. The van der Waals surface area contributed by atoms with Gasteiger partial charge in [-0.2, -0.15) is 0 Å². The number of amides is 2. The second kappa shape index (κ2) is 8.99.